The Kier molecular flexibility index (Phi) is 7.54. The molecular formula is C34H40N2O4. The predicted molar refractivity (Wildman–Crippen MR) is 156 cm³/mol. The second-order valence-electron chi connectivity index (χ2n) is 12.0. The first kappa shape index (κ1) is 26.8. The van der Waals surface area contributed by atoms with Gasteiger partial charge in [0.15, 0.2) is 0 Å². The molecular weight excluding hydrogens is 500 g/mol. The molecule has 3 aromatic rings. The summed E-state index contributed by atoms with van der Waals surface area (Å²) < 4.78 is 12.1. The van der Waals surface area contributed by atoms with Crippen LogP contribution in [0, 0.1) is 11.8 Å². The van der Waals surface area contributed by atoms with Gasteiger partial charge in [0, 0.05) is 24.8 Å². The Hall–Kier alpha value is -3.38. The van der Waals surface area contributed by atoms with Gasteiger partial charge >= 0.3 is 5.97 Å². The Labute approximate surface area is 237 Å². The van der Waals surface area contributed by atoms with Crippen LogP contribution in [0.4, 0.5) is 0 Å². The van der Waals surface area contributed by atoms with Crippen LogP contribution in [0.5, 0.6) is 11.6 Å². The maximum atomic E-state index is 11.9. The average Bonchev–Trinajstić information content (AvgIpc) is 3.73. The topological polar surface area (TPSA) is 71.9 Å². The summed E-state index contributed by atoms with van der Waals surface area (Å²) in [6.07, 6.45) is 8.35. The number of aliphatic carboxylic acids is 1. The molecule has 0 radical (unpaired) electrons. The first-order chi connectivity index (χ1) is 19.4. The van der Waals surface area contributed by atoms with Gasteiger partial charge < -0.3 is 14.6 Å². The smallest absolute Gasteiger partial charge is 0.306 e. The molecule has 2 aromatic carbocycles. The number of pyridine rings is 1. The molecule has 0 bridgehead atoms. The molecule has 1 saturated carbocycles. The predicted octanol–water partition coefficient (Wildman–Crippen LogP) is 7.02. The molecule has 0 amide bonds. The Morgan fingerprint density at radius 2 is 1.98 bits per heavy atom. The summed E-state index contributed by atoms with van der Waals surface area (Å²) in [4.78, 5) is 18.8. The number of methoxy groups -OCH3 is 1. The van der Waals surface area contributed by atoms with Crippen molar-refractivity contribution in [1.82, 2.24) is 9.88 Å². The van der Waals surface area contributed by atoms with E-state index in [1.807, 2.05) is 19.2 Å². The number of rotatable bonds is 9. The number of hydrogen-bond acceptors (Lipinski definition) is 5. The van der Waals surface area contributed by atoms with Crippen LogP contribution in [0.1, 0.15) is 80.2 Å². The van der Waals surface area contributed by atoms with Gasteiger partial charge in [0.1, 0.15) is 11.9 Å². The molecule has 1 aromatic heterocycles. The van der Waals surface area contributed by atoms with Gasteiger partial charge in [-0.05, 0) is 109 Å². The fraction of sp³-hybridized carbons (Fsp3) is 0.471. The lowest BCUT2D eigenvalue weighted by molar-refractivity contribution is -0.142. The van der Waals surface area contributed by atoms with E-state index in [1.165, 1.54) is 35.1 Å². The second kappa shape index (κ2) is 11.2. The number of likely N-dealkylation sites (tertiary alicyclic amines) is 1. The zero-order valence-corrected chi connectivity index (χ0v) is 23.8. The molecule has 0 spiro atoms. The maximum absolute atomic E-state index is 11.9. The number of carbonyl (C=O) groups is 1. The van der Waals surface area contributed by atoms with Crippen LogP contribution in [0.3, 0.4) is 0 Å². The van der Waals surface area contributed by atoms with Crippen molar-refractivity contribution < 1.29 is 19.4 Å². The van der Waals surface area contributed by atoms with Gasteiger partial charge in [-0.2, -0.15) is 0 Å². The number of hydrogen-bond donors (Lipinski definition) is 1. The van der Waals surface area contributed by atoms with E-state index < -0.39 is 11.9 Å². The van der Waals surface area contributed by atoms with Crippen LogP contribution < -0.4 is 9.47 Å². The molecule has 210 valence electrons. The highest BCUT2D eigenvalue weighted by Gasteiger charge is 2.39. The number of carboxylic acid groups (broad SMARTS) is 1. The highest BCUT2D eigenvalue weighted by Crippen LogP contribution is 2.48. The average molecular weight is 541 g/mol. The van der Waals surface area contributed by atoms with Gasteiger partial charge in [0.25, 0.3) is 0 Å². The summed E-state index contributed by atoms with van der Waals surface area (Å²) in [5.41, 5.74) is 7.12. The van der Waals surface area contributed by atoms with Crippen molar-refractivity contribution in [2.45, 2.75) is 77.0 Å². The number of benzene rings is 2. The Morgan fingerprint density at radius 1 is 1.12 bits per heavy atom. The van der Waals surface area contributed by atoms with Crippen LogP contribution in [0.2, 0.25) is 0 Å². The number of carboxylic acids is 1. The number of aryl methyl sites for hydroxylation is 1. The van der Waals surface area contributed by atoms with Gasteiger partial charge in [-0.15, -0.1) is 0 Å². The molecule has 40 heavy (non-hydrogen) atoms. The lowest BCUT2D eigenvalue weighted by Crippen LogP contribution is -2.26. The van der Waals surface area contributed by atoms with Crippen LogP contribution in [0.15, 0.2) is 54.7 Å². The van der Waals surface area contributed by atoms with Crippen molar-refractivity contribution in [1.29, 1.82) is 0 Å². The third kappa shape index (κ3) is 5.46. The van der Waals surface area contributed by atoms with E-state index in [1.54, 1.807) is 7.11 Å². The monoisotopic (exact) mass is 540 g/mol. The summed E-state index contributed by atoms with van der Waals surface area (Å²) in [7, 11) is 1.65. The number of fused-ring (bicyclic) bond motifs is 1. The Morgan fingerprint density at radius 3 is 2.70 bits per heavy atom. The van der Waals surface area contributed by atoms with E-state index in [-0.39, 0.29) is 12.0 Å². The first-order valence-electron chi connectivity index (χ1n) is 14.8. The van der Waals surface area contributed by atoms with E-state index in [0.29, 0.717) is 17.8 Å². The summed E-state index contributed by atoms with van der Waals surface area (Å²) >= 11 is 0. The normalized spacial score (nSPS) is 22.3. The fourth-order valence-electron chi connectivity index (χ4n) is 6.77. The third-order valence-corrected chi connectivity index (χ3v) is 9.30. The quantitative estimate of drug-likeness (QED) is 0.314. The lowest BCUT2D eigenvalue weighted by Gasteiger charge is -2.30. The SMILES string of the molecule is COc1cc(-c2ccc([C@@H]3CCc4ccc([C@H](C5CC5)[C@H](C)C(=O)O)cc4O3)cc2CN2CCC[C@H]2C)ccn1. The Balaban J connectivity index is 1.30. The third-order valence-electron chi connectivity index (χ3n) is 9.30. The minimum Gasteiger partial charge on any atom is -0.485 e. The lowest BCUT2D eigenvalue weighted by atomic mass is 9.82. The largest absolute Gasteiger partial charge is 0.485 e. The van der Waals surface area contributed by atoms with Crippen molar-refractivity contribution in [2.24, 2.45) is 11.8 Å². The molecule has 4 atom stereocenters. The minimum absolute atomic E-state index is 0.0326. The highest BCUT2D eigenvalue weighted by molar-refractivity contribution is 5.71. The highest BCUT2D eigenvalue weighted by atomic mass is 16.5. The van der Waals surface area contributed by atoms with Gasteiger partial charge in [0.05, 0.1) is 13.0 Å². The summed E-state index contributed by atoms with van der Waals surface area (Å²) in [5, 5.41) is 9.75. The van der Waals surface area contributed by atoms with E-state index in [4.69, 9.17) is 9.47 Å². The maximum Gasteiger partial charge on any atom is 0.306 e. The Bertz CT molecular complexity index is 1380. The minimum atomic E-state index is -0.722. The number of ether oxygens (including phenoxy) is 2. The zero-order valence-electron chi connectivity index (χ0n) is 23.8. The molecule has 2 fully saturated rings. The number of nitrogens with zero attached hydrogens (tertiary/aromatic N) is 2. The van der Waals surface area contributed by atoms with Gasteiger partial charge in [-0.1, -0.05) is 37.3 Å². The molecule has 2 aliphatic heterocycles. The molecule has 6 heteroatoms. The molecule has 1 aliphatic carbocycles. The van der Waals surface area contributed by atoms with Crippen LogP contribution in [-0.2, 0) is 17.8 Å². The summed E-state index contributed by atoms with van der Waals surface area (Å²) in [6.45, 7) is 6.19. The second-order valence-corrected chi connectivity index (χ2v) is 12.0. The van der Waals surface area contributed by atoms with E-state index >= 15 is 0 Å². The standard InChI is InChI=1S/C34H40N2O4/c1-21-5-4-16-36(21)20-28-17-26(10-12-29(28)25-14-15-35-32(19-25)39-3)30-13-11-23-6-9-27(18-31(23)40-30)33(24-7-8-24)22(2)34(37)38/h6,9-10,12,14-15,17-19,21-22,24,30,33H,4-5,7-8,11,13,16,20H2,1-3H3,(H,37,38)/t21-,22+,30+,33+/m1/s1. The molecule has 6 rings (SSSR count). The van der Waals surface area contributed by atoms with Crippen molar-refractivity contribution in [3.8, 4) is 22.8 Å². The molecule has 6 nitrogen and oxygen atoms in total. The molecule has 1 N–H and O–H groups in total. The number of aromatic nitrogens is 1. The van der Waals surface area contributed by atoms with Crippen molar-refractivity contribution in [3.05, 3.63) is 77.0 Å². The zero-order chi connectivity index (χ0) is 27.8. The van der Waals surface area contributed by atoms with Gasteiger partial charge in [-0.3, -0.25) is 9.69 Å². The van der Waals surface area contributed by atoms with E-state index in [2.05, 4.69) is 59.3 Å². The fourth-order valence-corrected chi connectivity index (χ4v) is 6.77. The summed E-state index contributed by atoms with van der Waals surface area (Å²) in [6, 6.07) is 17.8. The van der Waals surface area contributed by atoms with Gasteiger partial charge in [-0.25, -0.2) is 4.98 Å². The van der Waals surface area contributed by atoms with Crippen LogP contribution in [0.25, 0.3) is 11.1 Å². The van der Waals surface area contributed by atoms with Crippen LogP contribution >= 0.6 is 0 Å². The van der Waals surface area contributed by atoms with Gasteiger partial charge in [0.2, 0.25) is 5.88 Å². The molecule has 3 heterocycles. The molecule has 1 saturated heterocycles. The van der Waals surface area contributed by atoms with E-state index in [0.717, 1.165) is 55.6 Å². The van der Waals surface area contributed by atoms with Crippen molar-refractivity contribution in [2.75, 3.05) is 13.7 Å². The molecule has 0 unspecified atom stereocenters. The van der Waals surface area contributed by atoms with E-state index in [9.17, 15) is 9.90 Å². The van der Waals surface area contributed by atoms with Crippen molar-refractivity contribution in [3.63, 3.8) is 0 Å². The summed E-state index contributed by atoms with van der Waals surface area (Å²) in [5.74, 6) is 0.900. The first-order valence-corrected chi connectivity index (χ1v) is 14.8. The molecule has 3 aliphatic rings. The van der Waals surface area contributed by atoms with Crippen molar-refractivity contribution >= 4 is 5.97 Å². The van der Waals surface area contributed by atoms with Crippen LogP contribution in [-0.4, -0.2) is 40.7 Å².